The smallest absolute Gasteiger partial charge is 0.124 e. The van der Waals surface area contributed by atoms with Crippen molar-refractivity contribution in [3.05, 3.63) is 64.4 Å². The lowest BCUT2D eigenvalue weighted by atomic mass is 10.1. The predicted octanol–water partition coefficient (Wildman–Crippen LogP) is 4.65. The number of nitrogens with one attached hydrogen (secondary N) is 1. The Morgan fingerprint density at radius 3 is 2.44 bits per heavy atom. The molecular weight excluding hydrogens is 249 g/mol. The average molecular weight is 264 g/mol. The van der Waals surface area contributed by atoms with Crippen molar-refractivity contribution in [2.75, 3.05) is 5.32 Å². The first-order valence-corrected chi connectivity index (χ1v) is 6.33. The van der Waals surface area contributed by atoms with E-state index in [1.165, 1.54) is 17.7 Å². The van der Waals surface area contributed by atoms with Crippen LogP contribution in [-0.2, 0) is 13.0 Å². The van der Waals surface area contributed by atoms with Crippen molar-refractivity contribution in [3.63, 3.8) is 0 Å². The third kappa shape index (κ3) is 3.23. The first kappa shape index (κ1) is 12.9. The van der Waals surface area contributed by atoms with Crippen molar-refractivity contribution in [1.82, 2.24) is 0 Å². The first-order valence-electron chi connectivity index (χ1n) is 5.96. The number of rotatable bonds is 4. The van der Waals surface area contributed by atoms with Crippen LogP contribution in [-0.4, -0.2) is 0 Å². The SMILES string of the molecule is CCc1ccc(NCc2ccc(F)cc2Cl)cc1. The average Bonchev–Trinajstić information content (AvgIpc) is 2.38. The van der Waals surface area contributed by atoms with Crippen molar-refractivity contribution < 1.29 is 4.39 Å². The minimum Gasteiger partial charge on any atom is -0.381 e. The molecule has 0 saturated heterocycles. The minimum absolute atomic E-state index is 0.309. The summed E-state index contributed by atoms with van der Waals surface area (Å²) in [6.45, 7) is 2.71. The van der Waals surface area contributed by atoms with Gasteiger partial charge in [-0.05, 0) is 41.8 Å². The number of hydrogen-bond acceptors (Lipinski definition) is 1. The van der Waals surface area contributed by atoms with E-state index in [1.807, 2.05) is 12.1 Å². The summed E-state index contributed by atoms with van der Waals surface area (Å²) >= 11 is 5.96. The van der Waals surface area contributed by atoms with Gasteiger partial charge in [-0.1, -0.05) is 36.7 Å². The molecule has 1 N–H and O–H groups in total. The Hall–Kier alpha value is -1.54. The molecular formula is C15H15ClFN. The van der Waals surface area contributed by atoms with Crippen LogP contribution in [0.3, 0.4) is 0 Å². The molecule has 0 amide bonds. The zero-order chi connectivity index (χ0) is 13.0. The third-order valence-corrected chi connectivity index (χ3v) is 3.21. The molecule has 18 heavy (non-hydrogen) atoms. The highest BCUT2D eigenvalue weighted by molar-refractivity contribution is 6.31. The van der Waals surface area contributed by atoms with E-state index >= 15 is 0 Å². The van der Waals surface area contributed by atoms with Crippen LogP contribution in [0, 0.1) is 5.82 Å². The van der Waals surface area contributed by atoms with Gasteiger partial charge in [0, 0.05) is 17.3 Å². The van der Waals surface area contributed by atoms with E-state index in [2.05, 4.69) is 24.4 Å². The maximum absolute atomic E-state index is 12.9. The molecule has 0 spiro atoms. The van der Waals surface area contributed by atoms with Crippen LogP contribution in [0.4, 0.5) is 10.1 Å². The molecule has 0 aliphatic carbocycles. The molecule has 0 aromatic heterocycles. The van der Waals surface area contributed by atoms with Gasteiger partial charge >= 0.3 is 0 Å². The van der Waals surface area contributed by atoms with Crippen molar-refractivity contribution in [1.29, 1.82) is 0 Å². The minimum atomic E-state index is -0.309. The highest BCUT2D eigenvalue weighted by Crippen LogP contribution is 2.19. The number of anilines is 1. The normalized spacial score (nSPS) is 10.4. The Morgan fingerprint density at radius 1 is 1.11 bits per heavy atom. The third-order valence-electron chi connectivity index (χ3n) is 2.86. The Bertz CT molecular complexity index is 523. The standard InChI is InChI=1S/C15H15ClFN/c1-2-11-3-7-14(8-4-11)18-10-12-5-6-13(17)9-15(12)16/h3-9,18H,2,10H2,1H3. The summed E-state index contributed by atoms with van der Waals surface area (Å²) in [4.78, 5) is 0. The van der Waals surface area contributed by atoms with Crippen LogP contribution in [0.1, 0.15) is 18.1 Å². The molecule has 0 saturated carbocycles. The summed E-state index contributed by atoms with van der Waals surface area (Å²) in [6.07, 6.45) is 1.03. The van der Waals surface area contributed by atoms with E-state index < -0.39 is 0 Å². The fourth-order valence-corrected chi connectivity index (χ4v) is 1.95. The number of hydrogen-bond donors (Lipinski definition) is 1. The van der Waals surface area contributed by atoms with Crippen LogP contribution in [0.25, 0.3) is 0 Å². The van der Waals surface area contributed by atoms with Gasteiger partial charge in [0.05, 0.1) is 0 Å². The quantitative estimate of drug-likeness (QED) is 0.846. The fraction of sp³-hybridized carbons (Fsp3) is 0.200. The monoisotopic (exact) mass is 263 g/mol. The highest BCUT2D eigenvalue weighted by Gasteiger charge is 2.01. The lowest BCUT2D eigenvalue weighted by Crippen LogP contribution is -2.00. The van der Waals surface area contributed by atoms with E-state index in [0.29, 0.717) is 11.6 Å². The molecule has 0 radical (unpaired) electrons. The summed E-state index contributed by atoms with van der Waals surface area (Å²) in [5, 5.41) is 3.72. The van der Waals surface area contributed by atoms with E-state index in [-0.39, 0.29) is 5.82 Å². The molecule has 0 aliphatic heterocycles. The van der Waals surface area contributed by atoms with E-state index in [1.54, 1.807) is 6.07 Å². The van der Waals surface area contributed by atoms with Gasteiger partial charge in [0.2, 0.25) is 0 Å². The molecule has 2 aromatic carbocycles. The Balaban J connectivity index is 2.02. The van der Waals surface area contributed by atoms with Crippen LogP contribution < -0.4 is 5.32 Å². The molecule has 3 heteroatoms. The van der Waals surface area contributed by atoms with Crippen molar-refractivity contribution in [3.8, 4) is 0 Å². The molecule has 0 bridgehead atoms. The Labute approximate surface area is 112 Å². The first-order chi connectivity index (χ1) is 8.69. The Morgan fingerprint density at radius 2 is 1.83 bits per heavy atom. The topological polar surface area (TPSA) is 12.0 Å². The largest absolute Gasteiger partial charge is 0.381 e. The van der Waals surface area contributed by atoms with E-state index in [0.717, 1.165) is 17.7 Å². The Kier molecular flexibility index (Phi) is 4.21. The number of aryl methyl sites for hydroxylation is 1. The summed E-state index contributed by atoms with van der Waals surface area (Å²) in [6, 6.07) is 12.7. The van der Waals surface area contributed by atoms with Gasteiger partial charge in [-0.3, -0.25) is 0 Å². The molecule has 0 aliphatic rings. The van der Waals surface area contributed by atoms with Gasteiger partial charge < -0.3 is 5.32 Å². The number of benzene rings is 2. The van der Waals surface area contributed by atoms with Gasteiger partial charge in [0.25, 0.3) is 0 Å². The molecule has 94 valence electrons. The van der Waals surface area contributed by atoms with Gasteiger partial charge in [-0.2, -0.15) is 0 Å². The maximum Gasteiger partial charge on any atom is 0.124 e. The van der Waals surface area contributed by atoms with Crippen molar-refractivity contribution in [2.45, 2.75) is 19.9 Å². The molecule has 0 heterocycles. The summed E-state index contributed by atoms with van der Waals surface area (Å²) in [5.74, 6) is -0.309. The van der Waals surface area contributed by atoms with Crippen LogP contribution >= 0.6 is 11.6 Å². The zero-order valence-electron chi connectivity index (χ0n) is 10.2. The lowest BCUT2D eigenvalue weighted by Gasteiger charge is -2.08. The van der Waals surface area contributed by atoms with Gasteiger partial charge in [0.15, 0.2) is 0 Å². The fourth-order valence-electron chi connectivity index (χ4n) is 1.72. The second-order valence-electron chi connectivity index (χ2n) is 4.14. The number of halogens is 2. The summed E-state index contributed by atoms with van der Waals surface area (Å²) in [5.41, 5.74) is 3.23. The van der Waals surface area contributed by atoms with Gasteiger partial charge in [-0.15, -0.1) is 0 Å². The van der Waals surface area contributed by atoms with Crippen molar-refractivity contribution in [2.24, 2.45) is 0 Å². The summed E-state index contributed by atoms with van der Waals surface area (Å²) in [7, 11) is 0. The molecule has 0 unspecified atom stereocenters. The predicted molar refractivity (Wildman–Crippen MR) is 74.6 cm³/mol. The molecule has 0 atom stereocenters. The van der Waals surface area contributed by atoms with E-state index in [4.69, 9.17) is 11.6 Å². The van der Waals surface area contributed by atoms with Crippen LogP contribution in [0.2, 0.25) is 5.02 Å². The zero-order valence-corrected chi connectivity index (χ0v) is 11.0. The van der Waals surface area contributed by atoms with Crippen LogP contribution in [0.15, 0.2) is 42.5 Å². The summed E-state index contributed by atoms with van der Waals surface area (Å²) < 4.78 is 12.9. The second-order valence-corrected chi connectivity index (χ2v) is 4.55. The van der Waals surface area contributed by atoms with Crippen LogP contribution in [0.5, 0.6) is 0 Å². The van der Waals surface area contributed by atoms with Gasteiger partial charge in [0.1, 0.15) is 5.82 Å². The molecule has 1 nitrogen and oxygen atoms in total. The molecule has 2 rings (SSSR count). The highest BCUT2D eigenvalue weighted by atomic mass is 35.5. The van der Waals surface area contributed by atoms with E-state index in [9.17, 15) is 4.39 Å². The molecule has 2 aromatic rings. The second kappa shape index (κ2) is 5.87. The molecule has 0 fully saturated rings. The van der Waals surface area contributed by atoms with Crippen molar-refractivity contribution >= 4 is 17.3 Å². The van der Waals surface area contributed by atoms with Gasteiger partial charge in [-0.25, -0.2) is 4.39 Å². The maximum atomic E-state index is 12.9. The lowest BCUT2D eigenvalue weighted by molar-refractivity contribution is 0.627.